The van der Waals surface area contributed by atoms with Gasteiger partial charge >= 0.3 is 0 Å². The molecule has 90 valence electrons. The minimum Gasteiger partial charge on any atom is -0.490 e. The van der Waals surface area contributed by atoms with Crippen molar-refractivity contribution in [2.45, 2.75) is 45.6 Å². The molecular formula is C15H19NO. The van der Waals surface area contributed by atoms with Gasteiger partial charge in [-0.1, -0.05) is 13.3 Å². The van der Waals surface area contributed by atoms with Crippen LogP contribution in [0.15, 0.2) is 18.2 Å². The maximum Gasteiger partial charge on any atom is 0.122 e. The normalized spacial score (nSPS) is 24.1. The molecule has 0 bridgehead atoms. The van der Waals surface area contributed by atoms with Crippen molar-refractivity contribution in [1.82, 2.24) is 0 Å². The molecule has 1 saturated carbocycles. The first-order chi connectivity index (χ1) is 8.20. The maximum atomic E-state index is 8.83. The molecule has 1 aliphatic rings. The lowest BCUT2D eigenvalue weighted by Gasteiger charge is -2.29. The first-order valence-electron chi connectivity index (χ1n) is 6.38. The topological polar surface area (TPSA) is 33.0 Å². The van der Waals surface area contributed by atoms with Crippen LogP contribution in [0, 0.1) is 24.2 Å². The van der Waals surface area contributed by atoms with Crippen molar-refractivity contribution in [1.29, 1.82) is 5.26 Å². The van der Waals surface area contributed by atoms with E-state index < -0.39 is 0 Å². The van der Waals surface area contributed by atoms with E-state index in [-0.39, 0.29) is 0 Å². The summed E-state index contributed by atoms with van der Waals surface area (Å²) in [4.78, 5) is 0. The Morgan fingerprint density at radius 2 is 2.06 bits per heavy atom. The first kappa shape index (κ1) is 12.0. The number of nitriles is 1. The van der Waals surface area contributed by atoms with E-state index >= 15 is 0 Å². The van der Waals surface area contributed by atoms with Gasteiger partial charge in [-0.15, -0.1) is 0 Å². The molecule has 0 aromatic heterocycles. The fraction of sp³-hybridized carbons (Fsp3) is 0.533. The van der Waals surface area contributed by atoms with Gasteiger partial charge in [0.15, 0.2) is 0 Å². The maximum absolute atomic E-state index is 8.83. The Morgan fingerprint density at radius 1 is 1.29 bits per heavy atom. The van der Waals surface area contributed by atoms with E-state index in [1.807, 2.05) is 25.1 Å². The molecule has 0 N–H and O–H groups in total. The molecule has 17 heavy (non-hydrogen) atoms. The average Bonchev–Trinajstić information content (AvgIpc) is 2.34. The quantitative estimate of drug-likeness (QED) is 0.772. The zero-order chi connectivity index (χ0) is 12.3. The highest BCUT2D eigenvalue weighted by molar-refractivity contribution is 5.41. The molecular weight excluding hydrogens is 210 g/mol. The van der Waals surface area contributed by atoms with Crippen LogP contribution < -0.4 is 4.74 Å². The smallest absolute Gasteiger partial charge is 0.122 e. The second kappa shape index (κ2) is 5.23. The molecule has 0 amide bonds. The van der Waals surface area contributed by atoms with E-state index in [1.54, 1.807) is 0 Å². The average molecular weight is 229 g/mol. The highest BCUT2D eigenvalue weighted by atomic mass is 16.5. The summed E-state index contributed by atoms with van der Waals surface area (Å²) >= 11 is 0. The molecule has 2 nitrogen and oxygen atoms in total. The van der Waals surface area contributed by atoms with Crippen LogP contribution in [-0.2, 0) is 0 Å². The molecule has 0 heterocycles. The van der Waals surface area contributed by atoms with Gasteiger partial charge in [0.25, 0.3) is 0 Å². The van der Waals surface area contributed by atoms with Crippen molar-refractivity contribution in [3.05, 3.63) is 29.3 Å². The van der Waals surface area contributed by atoms with Gasteiger partial charge in [0, 0.05) is 0 Å². The predicted molar refractivity (Wildman–Crippen MR) is 67.9 cm³/mol. The molecule has 2 unspecified atom stereocenters. The van der Waals surface area contributed by atoms with Gasteiger partial charge in [-0.25, -0.2) is 0 Å². The van der Waals surface area contributed by atoms with Crippen LogP contribution in [0.2, 0.25) is 0 Å². The summed E-state index contributed by atoms with van der Waals surface area (Å²) in [7, 11) is 0. The van der Waals surface area contributed by atoms with Crippen LogP contribution in [0.5, 0.6) is 5.75 Å². The molecule has 1 aromatic carbocycles. The summed E-state index contributed by atoms with van der Waals surface area (Å²) < 4.78 is 6.09. The lowest BCUT2D eigenvalue weighted by molar-refractivity contribution is 0.102. The number of nitrogens with zero attached hydrogens (tertiary/aromatic N) is 1. The molecule has 0 spiro atoms. The van der Waals surface area contributed by atoms with Crippen molar-refractivity contribution in [2.75, 3.05) is 0 Å². The third-order valence-corrected chi connectivity index (χ3v) is 3.62. The standard InChI is InChI=1S/C15H19NO/c1-11-5-3-4-6-14(11)17-15-8-7-13(10-16)9-12(15)2/h7-9,11,14H,3-6H2,1-2H3. The van der Waals surface area contributed by atoms with Crippen LogP contribution in [0.4, 0.5) is 0 Å². The summed E-state index contributed by atoms with van der Waals surface area (Å²) in [6.07, 6.45) is 5.36. The van der Waals surface area contributed by atoms with E-state index in [0.29, 0.717) is 17.6 Å². The van der Waals surface area contributed by atoms with E-state index in [0.717, 1.165) is 17.7 Å². The number of rotatable bonds is 2. The summed E-state index contributed by atoms with van der Waals surface area (Å²) in [5.74, 6) is 1.57. The van der Waals surface area contributed by atoms with Crippen LogP contribution in [0.25, 0.3) is 0 Å². The fourth-order valence-electron chi connectivity index (χ4n) is 2.47. The van der Waals surface area contributed by atoms with Crippen molar-refractivity contribution in [2.24, 2.45) is 5.92 Å². The van der Waals surface area contributed by atoms with Crippen molar-refractivity contribution in [3.63, 3.8) is 0 Å². The molecule has 2 heteroatoms. The van der Waals surface area contributed by atoms with Gasteiger partial charge in [-0.05, 0) is 55.9 Å². The first-order valence-corrected chi connectivity index (χ1v) is 6.38. The Labute approximate surface area is 103 Å². The predicted octanol–water partition coefficient (Wildman–Crippen LogP) is 3.82. The summed E-state index contributed by atoms with van der Waals surface area (Å²) in [6, 6.07) is 7.80. The van der Waals surface area contributed by atoms with E-state index in [1.165, 1.54) is 19.3 Å². The van der Waals surface area contributed by atoms with Crippen LogP contribution in [0.3, 0.4) is 0 Å². The van der Waals surface area contributed by atoms with E-state index in [9.17, 15) is 0 Å². The summed E-state index contributed by atoms with van der Waals surface area (Å²) in [6.45, 7) is 4.27. The Morgan fingerprint density at radius 3 is 2.71 bits per heavy atom. The minimum atomic E-state index is 0.343. The Bertz CT molecular complexity index is 433. The molecule has 0 saturated heterocycles. The fourth-order valence-corrected chi connectivity index (χ4v) is 2.47. The highest BCUT2D eigenvalue weighted by Gasteiger charge is 2.23. The van der Waals surface area contributed by atoms with Crippen LogP contribution in [-0.4, -0.2) is 6.10 Å². The lowest BCUT2D eigenvalue weighted by atomic mass is 9.88. The van der Waals surface area contributed by atoms with E-state index in [2.05, 4.69) is 13.0 Å². The second-order valence-corrected chi connectivity index (χ2v) is 5.01. The largest absolute Gasteiger partial charge is 0.490 e. The monoisotopic (exact) mass is 229 g/mol. The number of hydrogen-bond acceptors (Lipinski definition) is 2. The van der Waals surface area contributed by atoms with Gasteiger partial charge < -0.3 is 4.74 Å². The minimum absolute atomic E-state index is 0.343. The van der Waals surface area contributed by atoms with Gasteiger partial charge in [0.1, 0.15) is 11.9 Å². The third kappa shape index (κ3) is 2.79. The molecule has 1 aliphatic carbocycles. The number of aryl methyl sites for hydroxylation is 1. The summed E-state index contributed by atoms with van der Waals surface area (Å²) in [5.41, 5.74) is 1.76. The zero-order valence-electron chi connectivity index (χ0n) is 10.6. The van der Waals surface area contributed by atoms with Crippen molar-refractivity contribution < 1.29 is 4.74 Å². The second-order valence-electron chi connectivity index (χ2n) is 5.01. The molecule has 1 aromatic rings. The Balaban J connectivity index is 2.10. The third-order valence-electron chi connectivity index (χ3n) is 3.62. The number of hydrogen-bond donors (Lipinski definition) is 0. The van der Waals surface area contributed by atoms with Crippen molar-refractivity contribution >= 4 is 0 Å². The zero-order valence-corrected chi connectivity index (χ0v) is 10.6. The Kier molecular flexibility index (Phi) is 3.68. The van der Waals surface area contributed by atoms with Gasteiger partial charge in [-0.2, -0.15) is 5.26 Å². The van der Waals surface area contributed by atoms with Crippen molar-refractivity contribution in [3.8, 4) is 11.8 Å². The molecule has 2 atom stereocenters. The van der Waals surface area contributed by atoms with Gasteiger partial charge in [-0.3, -0.25) is 0 Å². The molecule has 0 aliphatic heterocycles. The summed E-state index contributed by atoms with van der Waals surface area (Å²) in [5, 5.41) is 8.83. The number of ether oxygens (including phenoxy) is 1. The molecule has 0 radical (unpaired) electrons. The van der Waals surface area contributed by atoms with Gasteiger partial charge in [0.2, 0.25) is 0 Å². The molecule has 1 fully saturated rings. The van der Waals surface area contributed by atoms with Crippen LogP contribution >= 0.6 is 0 Å². The SMILES string of the molecule is Cc1cc(C#N)ccc1OC1CCCCC1C. The van der Waals surface area contributed by atoms with Crippen LogP contribution in [0.1, 0.15) is 43.7 Å². The van der Waals surface area contributed by atoms with Gasteiger partial charge in [0.05, 0.1) is 11.6 Å². The lowest BCUT2D eigenvalue weighted by Crippen LogP contribution is -2.28. The van der Waals surface area contributed by atoms with E-state index in [4.69, 9.17) is 10.00 Å². The highest BCUT2D eigenvalue weighted by Crippen LogP contribution is 2.29. The Hall–Kier alpha value is -1.49. The number of benzene rings is 1. The molecule has 2 rings (SSSR count).